The molecule has 6 heteroatoms. The van der Waals surface area contributed by atoms with E-state index in [0.717, 1.165) is 44.9 Å². The molecule has 0 aliphatic carbocycles. The Balaban J connectivity index is 3.33. The Morgan fingerprint density at radius 3 is 0.887 bits per heavy atom. The van der Waals surface area contributed by atoms with Gasteiger partial charge in [-0.25, -0.2) is 0 Å². The molecule has 0 aromatic carbocycles. The van der Waals surface area contributed by atoms with E-state index in [1.54, 1.807) is 6.08 Å². The minimum Gasteiger partial charge on any atom is -0.466 e. The molecule has 472 valence electrons. The summed E-state index contributed by atoms with van der Waals surface area (Å²) in [7, 11) is 0. The predicted molar refractivity (Wildman–Crippen MR) is 352 cm³/mol. The summed E-state index contributed by atoms with van der Waals surface area (Å²) in [4.78, 5) is 24.5. The van der Waals surface area contributed by atoms with Crippen molar-refractivity contribution in [1.82, 2.24) is 5.32 Å². The molecule has 0 bridgehead atoms. The summed E-state index contributed by atoms with van der Waals surface area (Å²) in [6.45, 7) is 4.91. The Hall–Kier alpha value is -1.92. The van der Waals surface area contributed by atoms with Gasteiger partial charge in [-0.1, -0.05) is 339 Å². The summed E-state index contributed by atoms with van der Waals surface area (Å²) in [5, 5.41) is 23.1. The highest BCUT2D eigenvalue weighted by Crippen LogP contribution is 2.18. The monoisotopic (exact) mass is 1120 g/mol. The number of rotatable bonds is 68. The number of ether oxygens (including phenoxy) is 1. The second-order valence-electron chi connectivity index (χ2n) is 24.9. The molecular weight excluding hydrogens is 983 g/mol. The van der Waals surface area contributed by atoms with E-state index < -0.39 is 12.1 Å². The van der Waals surface area contributed by atoms with Gasteiger partial charge < -0.3 is 20.3 Å². The smallest absolute Gasteiger partial charge is 0.305 e. The number of hydrogen-bond acceptors (Lipinski definition) is 5. The zero-order valence-corrected chi connectivity index (χ0v) is 54.1. The number of esters is 1. The topological polar surface area (TPSA) is 95.9 Å². The minimum atomic E-state index is -0.840. The second-order valence-corrected chi connectivity index (χ2v) is 24.9. The number of hydrogen-bond donors (Lipinski definition) is 3. The molecule has 0 heterocycles. The van der Waals surface area contributed by atoms with E-state index in [2.05, 4.69) is 43.5 Å². The third-order valence-corrected chi connectivity index (χ3v) is 16.9. The molecule has 0 aromatic rings. The molecule has 0 aliphatic heterocycles. The molecule has 0 spiro atoms. The van der Waals surface area contributed by atoms with Crippen LogP contribution in [0.15, 0.2) is 36.5 Å². The van der Waals surface area contributed by atoms with Crippen molar-refractivity contribution in [3.8, 4) is 0 Å². The summed E-state index contributed by atoms with van der Waals surface area (Å²) in [6.07, 6.45) is 89.7. The Bertz CT molecular complexity index is 1300. The molecule has 2 atom stereocenters. The fraction of sp³-hybridized carbons (Fsp3) is 0.892. The van der Waals surface area contributed by atoms with Crippen LogP contribution in [0.4, 0.5) is 0 Å². The quantitative estimate of drug-likeness (QED) is 0.0320. The van der Waals surface area contributed by atoms with Gasteiger partial charge in [0.15, 0.2) is 0 Å². The minimum absolute atomic E-state index is 0.0129. The van der Waals surface area contributed by atoms with Crippen LogP contribution in [0.5, 0.6) is 0 Å². The van der Waals surface area contributed by atoms with Gasteiger partial charge in [0.1, 0.15) is 0 Å². The van der Waals surface area contributed by atoms with Crippen molar-refractivity contribution in [1.29, 1.82) is 0 Å². The molecule has 2 unspecified atom stereocenters. The zero-order valence-electron chi connectivity index (χ0n) is 54.1. The predicted octanol–water partition coefficient (Wildman–Crippen LogP) is 23.5. The van der Waals surface area contributed by atoms with Crippen molar-refractivity contribution in [3.05, 3.63) is 36.5 Å². The summed E-state index contributed by atoms with van der Waals surface area (Å²) in [5.41, 5.74) is 0. The van der Waals surface area contributed by atoms with Gasteiger partial charge in [0, 0.05) is 12.8 Å². The Kier molecular flexibility index (Phi) is 67.9. The van der Waals surface area contributed by atoms with Crippen LogP contribution in [0.25, 0.3) is 0 Å². The van der Waals surface area contributed by atoms with Gasteiger partial charge in [0.25, 0.3) is 0 Å². The number of allylic oxidation sites excluding steroid dienone is 5. The van der Waals surface area contributed by atoms with Crippen LogP contribution in [0.3, 0.4) is 0 Å². The highest BCUT2D eigenvalue weighted by atomic mass is 16.5. The van der Waals surface area contributed by atoms with Crippen LogP contribution in [0.1, 0.15) is 399 Å². The van der Waals surface area contributed by atoms with E-state index in [1.807, 2.05) is 6.08 Å². The zero-order chi connectivity index (χ0) is 57.8. The van der Waals surface area contributed by atoms with Crippen LogP contribution in [0.2, 0.25) is 0 Å². The van der Waals surface area contributed by atoms with Crippen molar-refractivity contribution in [2.24, 2.45) is 0 Å². The fourth-order valence-corrected chi connectivity index (χ4v) is 11.3. The van der Waals surface area contributed by atoms with Crippen LogP contribution in [-0.2, 0) is 14.3 Å². The first-order valence-electron chi connectivity index (χ1n) is 36.3. The first-order valence-corrected chi connectivity index (χ1v) is 36.3. The summed E-state index contributed by atoms with van der Waals surface area (Å²) in [5.74, 6) is -0.0502. The molecule has 3 N–H and O–H groups in total. The molecule has 6 nitrogen and oxygen atoms in total. The average Bonchev–Trinajstić information content (AvgIpc) is 3.46. The molecule has 0 fully saturated rings. The van der Waals surface area contributed by atoms with E-state index in [1.165, 1.54) is 327 Å². The standard InChI is InChI=1S/C74H141NO5/c1-3-5-7-9-11-13-15-17-44-48-52-56-60-64-68-74(79)80-69-65-61-57-53-49-45-42-40-38-36-34-32-30-28-26-24-22-20-18-19-21-23-25-27-29-31-33-35-37-39-41-43-47-51-55-59-63-67-73(78)75-71(70-76)72(77)66-62-58-54-50-46-16-14-12-10-8-6-4-2/h15,17-18,20,62,66,71-72,76-77H,3-14,16,19,21-61,63-65,67-70H2,1-2H3,(H,75,78)/b17-15-,20-18-,66-62+. The molecule has 0 radical (unpaired) electrons. The highest BCUT2D eigenvalue weighted by Gasteiger charge is 2.18. The third-order valence-electron chi connectivity index (χ3n) is 16.9. The van der Waals surface area contributed by atoms with Crippen LogP contribution < -0.4 is 5.32 Å². The number of carbonyl (C=O) groups excluding carboxylic acids is 2. The van der Waals surface area contributed by atoms with Crippen molar-refractivity contribution in [2.75, 3.05) is 13.2 Å². The Morgan fingerprint density at radius 1 is 0.338 bits per heavy atom. The second kappa shape index (κ2) is 69.6. The maximum Gasteiger partial charge on any atom is 0.305 e. The summed E-state index contributed by atoms with van der Waals surface area (Å²) in [6, 6.07) is -0.624. The van der Waals surface area contributed by atoms with Crippen molar-refractivity contribution in [3.63, 3.8) is 0 Å². The van der Waals surface area contributed by atoms with E-state index in [4.69, 9.17) is 4.74 Å². The number of carbonyl (C=O) groups is 2. The Morgan fingerprint density at radius 2 is 0.588 bits per heavy atom. The lowest BCUT2D eigenvalue weighted by atomic mass is 10.0. The number of amides is 1. The Labute approximate surface area is 500 Å². The fourth-order valence-electron chi connectivity index (χ4n) is 11.3. The van der Waals surface area contributed by atoms with Crippen molar-refractivity contribution in [2.45, 2.75) is 411 Å². The van der Waals surface area contributed by atoms with Gasteiger partial charge in [-0.2, -0.15) is 0 Å². The van der Waals surface area contributed by atoms with E-state index >= 15 is 0 Å². The average molecular weight is 1120 g/mol. The molecular formula is C74H141NO5. The normalized spacial score (nSPS) is 12.7. The first-order chi connectivity index (χ1) is 39.5. The van der Waals surface area contributed by atoms with Crippen LogP contribution in [-0.4, -0.2) is 47.4 Å². The SMILES string of the molecule is CCCCCCC/C=C\CCCCCCCC(=O)OCCCCCCCCCCCCCCCCCC/C=C\CCCCCCCCCCCCCCCCCCCC(=O)NC(CO)C(O)/C=C/CCCCCCCCCCCC. The van der Waals surface area contributed by atoms with Gasteiger partial charge in [-0.3, -0.25) is 9.59 Å². The van der Waals surface area contributed by atoms with Gasteiger partial charge >= 0.3 is 5.97 Å². The van der Waals surface area contributed by atoms with Gasteiger partial charge in [0.05, 0.1) is 25.4 Å². The summed E-state index contributed by atoms with van der Waals surface area (Å²) >= 11 is 0. The van der Waals surface area contributed by atoms with E-state index in [0.29, 0.717) is 19.4 Å². The first kappa shape index (κ1) is 78.1. The van der Waals surface area contributed by atoms with Crippen molar-refractivity contribution < 1.29 is 24.5 Å². The van der Waals surface area contributed by atoms with Gasteiger partial charge in [0.2, 0.25) is 5.91 Å². The maximum absolute atomic E-state index is 12.5. The van der Waals surface area contributed by atoms with Crippen LogP contribution in [0, 0.1) is 0 Å². The lowest BCUT2D eigenvalue weighted by Gasteiger charge is -2.20. The lowest BCUT2D eigenvalue weighted by molar-refractivity contribution is -0.143. The molecule has 0 aliphatic rings. The van der Waals surface area contributed by atoms with E-state index in [-0.39, 0.29) is 18.5 Å². The number of nitrogens with one attached hydrogen (secondary N) is 1. The van der Waals surface area contributed by atoms with Crippen LogP contribution >= 0.6 is 0 Å². The van der Waals surface area contributed by atoms with Gasteiger partial charge in [-0.05, 0) is 83.5 Å². The van der Waals surface area contributed by atoms with Crippen molar-refractivity contribution >= 4 is 11.9 Å². The molecule has 0 saturated heterocycles. The molecule has 0 saturated carbocycles. The molecule has 80 heavy (non-hydrogen) atoms. The molecule has 1 amide bonds. The largest absolute Gasteiger partial charge is 0.466 e. The van der Waals surface area contributed by atoms with Gasteiger partial charge in [-0.15, -0.1) is 0 Å². The molecule has 0 rings (SSSR count). The highest BCUT2D eigenvalue weighted by molar-refractivity contribution is 5.76. The van der Waals surface area contributed by atoms with E-state index in [9.17, 15) is 19.8 Å². The number of aliphatic hydroxyl groups excluding tert-OH is 2. The summed E-state index contributed by atoms with van der Waals surface area (Å²) < 4.78 is 5.49. The number of unbranched alkanes of at least 4 members (excludes halogenated alkanes) is 53. The lowest BCUT2D eigenvalue weighted by Crippen LogP contribution is -2.45. The maximum atomic E-state index is 12.5. The molecule has 0 aromatic heterocycles. The third kappa shape index (κ3) is 65.2. The number of aliphatic hydroxyl groups is 2.